The predicted octanol–water partition coefficient (Wildman–Crippen LogP) is 4.67. The van der Waals surface area contributed by atoms with Gasteiger partial charge < -0.3 is 4.74 Å². The lowest BCUT2D eigenvalue weighted by molar-refractivity contribution is 0.414. The van der Waals surface area contributed by atoms with Crippen LogP contribution in [0.1, 0.15) is 30.1 Å². The van der Waals surface area contributed by atoms with E-state index in [2.05, 4.69) is 10.1 Å². The molecule has 1 aliphatic carbocycles. The Morgan fingerprint density at radius 3 is 2.60 bits per heavy atom. The van der Waals surface area contributed by atoms with Gasteiger partial charge in [-0.2, -0.15) is 5.10 Å². The molecule has 0 spiro atoms. The van der Waals surface area contributed by atoms with Crippen molar-refractivity contribution < 1.29 is 9.13 Å². The largest absolute Gasteiger partial charge is 0.497 e. The highest BCUT2D eigenvalue weighted by molar-refractivity contribution is 6.33. The minimum Gasteiger partial charge on any atom is -0.497 e. The Labute approximate surface area is 150 Å². The van der Waals surface area contributed by atoms with Crippen LogP contribution in [0, 0.1) is 5.82 Å². The molecule has 4 nitrogen and oxygen atoms in total. The number of ether oxygens (including phenoxy) is 1. The molecule has 128 valence electrons. The van der Waals surface area contributed by atoms with Crippen molar-refractivity contribution in [1.82, 2.24) is 14.8 Å². The van der Waals surface area contributed by atoms with Crippen molar-refractivity contribution in [3.8, 4) is 17.1 Å². The lowest BCUT2D eigenvalue weighted by atomic mass is 10.2. The van der Waals surface area contributed by atoms with E-state index in [9.17, 15) is 4.39 Å². The van der Waals surface area contributed by atoms with Crippen LogP contribution in [0.25, 0.3) is 11.4 Å². The molecule has 0 bridgehead atoms. The van der Waals surface area contributed by atoms with Gasteiger partial charge in [-0.3, -0.25) is 0 Å². The zero-order valence-corrected chi connectivity index (χ0v) is 14.5. The first-order valence-corrected chi connectivity index (χ1v) is 8.55. The number of nitrogens with zero attached hydrogens (tertiary/aromatic N) is 3. The minimum absolute atomic E-state index is 0.303. The Hall–Kier alpha value is -2.40. The van der Waals surface area contributed by atoms with Gasteiger partial charge in [0.1, 0.15) is 11.6 Å². The second-order valence-corrected chi connectivity index (χ2v) is 6.58. The lowest BCUT2D eigenvalue weighted by Gasteiger charge is -2.09. The van der Waals surface area contributed by atoms with Crippen molar-refractivity contribution >= 4 is 11.6 Å². The van der Waals surface area contributed by atoms with Gasteiger partial charge in [-0.15, -0.1) is 0 Å². The van der Waals surface area contributed by atoms with E-state index in [4.69, 9.17) is 16.3 Å². The van der Waals surface area contributed by atoms with Crippen LogP contribution in [0.2, 0.25) is 5.02 Å². The molecule has 4 rings (SSSR count). The molecule has 1 aliphatic rings. The van der Waals surface area contributed by atoms with E-state index >= 15 is 0 Å². The topological polar surface area (TPSA) is 39.9 Å². The molecule has 1 fully saturated rings. The van der Waals surface area contributed by atoms with Crippen LogP contribution >= 0.6 is 11.6 Å². The molecular formula is C19H17ClFN3O. The number of halogens is 2. The molecule has 3 aromatic rings. The average molecular weight is 358 g/mol. The third-order valence-corrected chi connectivity index (χ3v) is 4.62. The summed E-state index contributed by atoms with van der Waals surface area (Å²) in [6, 6.07) is 12.4. The van der Waals surface area contributed by atoms with Crippen molar-refractivity contribution in [1.29, 1.82) is 0 Å². The van der Waals surface area contributed by atoms with Crippen LogP contribution in [0.5, 0.6) is 5.75 Å². The van der Waals surface area contributed by atoms with E-state index in [1.807, 2.05) is 24.3 Å². The molecule has 6 heteroatoms. The highest BCUT2D eigenvalue weighted by Crippen LogP contribution is 2.40. The molecule has 2 aromatic carbocycles. The Kier molecular flexibility index (Phi) is 4.17. The van der Waals surface area contributed by atoms with Crippen molar-refractivity contribution in [3.05, 3.63) is 64.7 Å². The van der Waals surface area contributed by atoms with Crippen LogP contribution in [0.3, 0.4) is 0 Å². The third kappa shape index (κ3) is 3.24. The SMILES string of the molecule is COc1ccc(Cn2nc(C3CC3)nc2-c2c(F)cccc2Cl)cc1. The van der Waals surface area contributed by atoms with Crippen LogP contribution in [0.4, 0.5) is 4.39 Å². The molecule has 1 saturated carbocycles. The maximum absolute atomic E-state index is 14.4. The standard InChI is InChI=1S/C19H17ClFN3O/c1-25-14-9-5-12(6-10-14)11-24-19(22-18(23-24)13-7-8-13)17-15(20)3-2-4-16(17)21/h2-6,9-10,13H,7-8,11H2,1H3. The van der Waals surface area contributed by atoms with E-state index in [-0.39, 0.29) is 0 Å². The Morgan fingerprint density at radius 1 is 1.20 bits per heavy atom. The van der Waals surface area contributed by atoms with Gasteiger partial charge in [0.25, 0.3) is 0 Å². The van der Waals surface area contributed by atoms with Gasteiger partial charge in [-0.05, 0) is 42.7 Å². The second-order valence-electron chi connectivity index (χ2n) is 6.17. The summed E-state index contributed by atoms with van der Waals surface area (Å²) in [5.41, 5.74) is 1.33. The molecule has 0 aliphatic heterocycles. The first-order valence-electron chi connectivity index (χ1n) is 8.18. The van der Waals surface area contributed by atoms with Gasteiger partial charge in [0.05, 0.1) is 24.2 Å². The zero-order chi connectivity index (χ0) is 17.4. The van der Waals surface area contributed by atoms with Crippen molar-refractivity contribution in [2.75, 3.05) is 7.11 Å². The molecule has 1 aromatic heterocycles. The number of methoxy groups -OCH3 is 1. The fraction of sp³-hybridized carbons (Fsp3) is 0.263. The zero-order valence-electron chi connectivity index (χ0n) is 13.7. The van der Waals surface area contributed by atoms with Crippen LogP contribution in [0.15, 0.2) is 42.5 Å². The molecule has 0 saturated heterocycles. The third-order valence-electron chi connectivity index (χ3n) is 4.31. The quantitative estimate of drug-likeness (QED) is 0.666. The maximum Gasteiger partial charge on any atom is 0.163 e. The summed E-state index contributed by atoms with van der Waals surface area (Å²) in [5.74, 6) is 2.02. The van der Waals surface area contributed by atoms with E-state index in [0.717, 1.165) is 30.0 Å². The van der Waals surface area contributed by atoms with Crippen molar-refractivity contribution in [3.63, 3.8) is 0 Å². The normalized spacial score (nSPS) is 13.9. The Balaban J connectivity index is 1.75. The number of hydrogen-bond acceptors (Lipinski definition) is 3. The Bertz CT molecular complexity index is 883. The molecule has 0 radical (unpaired) electrons. The second kappa shape index (κ2) is 6.48. The van der Waals surface area contributed by atoms with Gasteiger partial charge in [0, 0.05) is 5.92 Å². The summed E-state index contributed by atoms with van der Waals surface area (Å²) < 4.78 is 21.3. The summed E-state index contributed by atoms with van der Waals surface area (Å²) in [6.07, 6.45) is 2.16. The molecular weight excluding hydrogens is 341 g/mol. The highest BCUT2D eigenvalue weighted by atomic mass is 35.5. The number of rotatable bonds is 5. The van der Waals surface area contributed by atoms with Gasteiger partial charge in [-0.1, -0.05) is 29.8 Å². The van der Waals surface area contributed by atoms with Crippen molar-refractivity contribution in [2.24, 2.45) is 0 Å². The number of hydrogen-bond donors (Lipinski definition) is 0. The van der Waals surface area contributed by atoms with E-state index in [1.165, 1.54) is 6.07 Å². The summed E-state index contributed by atoms with van der Waals surface area (Å²) in [4.78, 5) is 4.60. The minimum atomic E-state index is -0.391. The summed E-state index contributed by atoms with van der Waals surface area (Å²) in [5, 5.41) is 4.96. The molecule has 0 amide bonds. The monoisotopic (exact) mass is 357 g/mol. The fourth-order valence-corrected chi connectivity index (χ4v) is 3.03. The maximum atomic E-state index is 14.4. The first-order chi connectivity index (χ1) is 12.2. The van der Waals surface area contributed by atoms with Crippen LogP contribution in [-0.2, 0) is 6.54 Å². The van der Waals surface area contributed by atoms with Crippen LogP contribution in [-0.4, -0.2) is 21.9 Å². The van der Waals surface area contributed by atoms with Crippen LogP contribution < -0.4 is 4.74 Å². The summed E-state index contributed by atoms with van der Waals surface area (Å²) in [7, 11) is 1.63. The predicted molar refractivity (Wildman–Crippen MR) is 94.5 cm³/mol. The molecule has 1 heterocycles. The number of benzene rings is 2. The first kappa shape index (κ1) is 16.1. The molecule has 0 unspecified atom stereocenters. The fourth-order valence-electron chi connectivity index (χ4n) is 2.78. The smallest absolute Gasteiger partial charge is 0.163 e. The highest BCUT2D eigenvalue weighted by Gasteiger charge is 2.30. The van der Waals surface area contributed by atoms with E-state index in [0.29, 0.717) is 28.9 Å². The van der Waals surface area contributed by atoms with Crippen molar-refractivity contribution in [2.45, 2.75) is 25.3 Å². The van der Waals surface area contributed by atoms with E-state index < -0.39 is 5.82 Å². The average Bonchev–Trinajstić information content (AvgIpc) is 3.38. The van der Waals surface area contributed by atoms with Gasteiger partial charge in [0.2, 0.25) is 0 Å². The Morgan fingerprint density at radius 2 is 1.96 bits per heavy atom. The van der Waals surface area contributed by atoms with Gasteiger partial charge in [0.15, 0.2) is 11.6 Å². The van der Waals surface area contributed by atoms with E-state index in [1.54, 1.807) is 23.9 Å². The lowest BCUT2D eigenvalue weighted by Crippen LogP contribution is -2.05. The summed E-state index contributed by atoms with van der Waals surface area (Å²) in [6.45, 7) is 0.490. The molecule has 0 atom stereocenters. The molecule has 0 N–H and O–H groups in total. The number of aromatic nitrogens is 3. The van der Waals surface area contributed by atoms with Gasteiger partial charge >= 0.3 is 0 Å². The summed E-state index contributed by atoms with van der Waals surface area (Å²) >= 11 is 6.25. The molecule has 25 heavy (non-hydrogen) atoms. The van der Waals surface area contributed by atoms with Gasteiger partial charge in [-0.25, -0.2) is 14.1 Å².